The highest BCUT2D eigenvalue weighted by molar-refractivity contribution is 5.83. The SMILES string of the molecule is OC[C@H]1O[C@@H](n2cnc3c(N4CCN(c5ccccc5)CC4)ncnc32)C(O)[C@H]1O. The maximum atomic E-state index is 10.4. The number of imidazole rings is 1. The third kappa shape index (κ3) is 3.18. The number of hydrogen-bond donors (Lipinski definition) is 3. The van der Waals surface area contributed by atoms with Crippen LogP contribution < -0.4 is 9.80 Å². The average Bonchev–Trinajstić information content (AvgIpc) is 3.35. The van der Waals surface area contributed by atoms with Crippen molar-refractivity contribution in [2.24, 2.45) is 0 Å². The summed E-state index contributed by atoms with van der Waals surface area (Å²) in [5, 5.41) is 29.8. The molecule has 0 spiro atoms. The second-order valence-electron chi connectivity index (χ2n) is 7.56. The standard InChI is InChI=1S/C20H24N6O4/c27-10-14-16(28)17(29)20(30-14)26-12-23-15-18(21-11-22-19(15)26)25-8-6-24(7-9-25)13-4-2-1-3-5-13/h1-5,11-12,14,16-17,20,27-29H,6-10H2/t14-,16+,17?,20-/m1/s1. The van der Waals surface area contributed by atoms with Gasteiger partial charge in [-0.05, 0) is 12.1 Å². The lowest BCUT2D eigenvalue weighted by molar-refractivity contribution is -0.0511. The number of ether oxygens (including phenoxy) is 1. The molecule has 0 saturated carbocycles. The molecule has 5 rings (SSSR count). The zero-order chi connectivity index (χ0) is 20.7. The number of benzene rings is 1. The Morgan fingerprint density at radius 3 is 2.37 bits per heavy atom. The molecule has 0 bridgehead atoms. The Morgan fingerprint density at radius 2 is 1.67 bits per heavy atom. The highest BCUT2D eigenvalue weighted by Gasteiger charge is 2.44. The molecule has 3 N–H and O–H groups in total. The van der Waals surface area contributed by atoms with Crippen molar-refractivity contribution in [1.29, 1.82) is 0 Å². The van der Waals surface area contributed by atoms with Crippen molar-refractivity contribution in [3.05, 3.63) is 43.0 Å². The van der Waals surface area contributed by atoms with Crippen LogP contribution in [0.15, 0.2) is 43.0 Å². The maximum Gasteiger partial charge on any atom is 0.167 e. The lowest BCUT2D eigenvalue weighted by Crippen LogP contribution is -2.47. The van der Waals surface area contributed by atoms with Crippen LogP contribution in [0.3, 0.4) is 0 Å². The van der Waals surface area contributed by atoms with E-state index in [4.69, 9.17) is 4.74 Å². The van der Waals surface area contributed by atoms with Crippen molar-refractivity contribution < 1.29 is 20.1 Å². The van der Waals surface area contributed by atoms with E-state index >= 15 is 0 Å². The second kappa shape index (κ2) is 7.80. The summed E-state index contributed by atoms with van der Waals surface area (Å²) >= 11 is 0. The molecular formula is C20H24N6O4. The number of fused-ring (bicyclic) bond motifs is 1. The van der Waals surface area contributed by atoms with Crippen molar-refractivity contribution in [3.8, 4) is 0 Å². The molecule has 2 aliphatic heterocycles. The van der Waals surface area contributed by atoms with E-state index in [1.165, 1.54) is 18.3 Å². The van der Waals surface area contributed by atoms with Gasteiger partial charge in [-0.25, -0.2) is 15.0 Å². The van der Waals surface area contributed by atoms with Gasteiger partial charge in [-0.1, -0.05) is 18.2 Å². The Morgan fingerprint density at radius 1 is 0.933 bits per heavy atom. The first-order valence-electron chi connectivity index (χ1n) is 10.0. The summed E-state index contributed by atoms with van der Waals surface area (Å²) in [5.41, 5.74) is 2.34. The lowest BCUT2D eigenvalue weighted by atomic mass is 10.1. The molecule has 0 aliphatic carbocycles. The van der Waals surface area contributed by atoms with Crippen molar-refractivity contribution in [2.45, 2.75) is 24.5 Å². The minimum Gasteiger partial charge on any atom is -0.394 e. The van der Waals surface area contributed by atoms with Crippen LogP contribution in [-0.4, -0.2) is 85.9 Å². The molecule has 158 valence electrons. The predicted molar refractivity (Wildman–Crippen MR) is 109 cm³/mol. The number of piperazine rings is 1. The number of hydrogen-bond acceptors (Lipinski definition) is 9. The summed E-state index contributed by atoms with van der Waals surface area (Å²) < 4.78 is 7.22. The van der Waals surface area contributed by atoms with Crippen LogP contribution in [0.5, 0.6) is 0 Å². The van der Waals surface area contributed by atoms with E-state index in [9.17, 15) is 15.3 Å². The fourth-order valence-corrected chi connectivity index (χ4v) is 4.18. The molecule has 1 unspecified atom stereocenters. The fourth-order valence-electron chi connectivity index (χ4n) is 4.18. The summed E-state index contributed by atoms with van der Waals surface area (Å²) in [6, 6.07) is 10.3. The Bertz CT molecular complexity index is 1010. The Kier molecular flexibility index (Phi) is 4.99. The molecule has 10 heteroatoms. The number of aliphatic hydroxyl groups excluding tert-OH is 3. The minimum absolute atomic E-state index is 0.382. The molecule has 0 radical (unpaired) electrons. The molecule has 2 saturated heterocycles. The van der Waals surface area contributed by atoms with Crippen LogP contribution in [0.25, 0.3) is 11.2 Å². The fraction of sp³-hybridized carbons (Fsp3) is 0.450. The van der Waals surface area contributed by atoms with E-state index in [2.05, 4.69) is 36.9 Å². The smallest absolute Gasteiger partial charge is 0.167 e. The number of para-hydroxylation sites is 1. The summed E-state index contributed by atoms with van der Waals surface area (Å²) in [4.78, 5) is 17.8. The monoisotopic (exact) mass is 412 g/mol. The molecule has 30 heavy (non-hydrogen) atoms. The topological polar surface area (TPSA) is 120 Å². The molecule has 3 aromatic rings. The van der Waals surface area contributed by atoms with Gasteiger partial charge < -0.3 is 29.9 Å². The van der Waals surface area contributed by atoms with Gasteiger partial charge in [0.05, 0.1) is 12.9 Å². The zero-order valence-corrected chi connectivity index (χ0v) is 16.3. The highest BCUT2D eigenvalue weighted by atomic mass is 16.6. The normalized spacial score (nSPS) is 27.2. The van der Waals surface area contributed by atoms with Gasteiger partial charge in [0.15, 0.2) is 23.2 Å². The molecule has 1 aromatic carbocycles. The lowest BCUT2D eigenvalue weighted by Gasteiger charge is -2.36. The average molecular weight is 412 g/mol. The van der Waals surface area contributed by atoms with E-state index in [0.717, 1.165) is 32.0 Å². The van der Waals surface area contributed by atoms with E-state index in [1.54, 1.807) is 4.57 Å². The summed E-state index contributed by atoms with van der Waals surface area (Å²) in [6.07, 6.45) is -1.09. The van der Waals surface area contributed by atoms with Gasteiger partial charge >= 0.3 is 0 Å². The van der Waals surface area contributed by atoms with Crippen molar-refractivity contribution in [1.82, 2.24) is 19.5 Å². The third-order valence-electron chi connectivity index (χ3n) is 5.83. The van der Waals surface area contributed by atoms with Crippen LogP contribution in [0.4, 0.5) is 11.5 Å². The number of anilines is 2. The van der Waals surface area contributed by atoms with E-state index in [-0.39, 0.29) is 6.61 Å². The van der Waals surface area contributed by atoms with Gasteiger partial charge in [0.1, 0.15) is 24.6 Å². The number of rotatable bonds is 4. The predicted octanol–water partition coefficient (Wildman–Crippen LogP) is -0.236. The van der Waals surface area contributed by atoms with Crippen molar-refractivity contribution in [3.63, 3.8) is 0 Å². The zero-order valence-electron chi connectivity index (χ0n) is 16.3. The van der Waals surface area contributed by atoms with Crippen molar-refractivity contribution >= 4 is 22.7 Å². The van der Waals surface area contributed by atoms with E-state index in [1.807, 2.05) is 18.2 Å². The number of aromatic nitrogens is 4. The third-order valence-corrected chi connectivity index (χ3v) is 5.83. The molecule has 2 fully saturated rings. The van der Waals surface area contributed by atoms with Crippen LogP contribution in [-0.2, 0) is 4.74 Å². The molecule has 0 amide bonds. The summed E-state index contributed by atoms with van der Waals surface area (Å²) in [7, 11) is 0. The van der Waals surface area contributed by atoms with Crippen LogP contribution in [0, 0.1) is 0 Å². The molecule has 4 atom stereocenters. The molecular weight excluding hydrogens is 388 g/mol. The quantitative estimate of drug-likeness (QED) is 0.533. The second-order valence-corrected chi connectivity index (χ2v) is 7.56. The van der Waals surface area contributed by atoms with Crippen LogP contribution in [0.1, 0.15) is 6.23 Å². The Hall–Kier alpha value is -2.79. The Labute approximate surface area is 173 Å². The van der Waals surface area contributed by atoms with E-state index < -0.39 is 24.5 Å². The van der Waals surface area contributed by atoms with Gasteiger partial charge in [0, 0.05) is 31.9 Å². The highest BCUT2D eigenvalue weighted by Crippen LogP contribution is 2.33. The first kappa shape index (κ1) is 19.2. The molecule has 4 heterocycles. The largest absolute Gasteiger partial charge is 0.394 e. The first-order valence-corrected chi connectivity index (χ1v) is 10.0. The summed E-state index contributed by atoms with van der Waals surface area (Å²) in [6.45, 7) is 2.94. The van der Waals surface area contributed by atoms with Gasteiger partial charge in [-0.15, -0.1) is 0 Å². The van der Waals surface area contributed by atoms with Crippen LogP contribution in [0.2, 0.25) is 0 Å². The molecule has 2 aliphatic rings. The summed E-state index contributed by atoms with van der Waals surface area (Å²) in [5.74, 6) is 0.734. The molecule has 10 nitrogen and oxygen atoms in total. The van der Waals surface area contributed by atoms with Gasteiger partial charge in [-0.3, -0.25) is 4.57 Å². The van der Waals surface area contributed by atoms with Gasteiger partial charge in [-0.2, -0.15) is 0 Å². The Balaban J connectivity index is 1.38. The van der Waals surface area contributed by atoms with Gasteiger partial charge in [0.2, 0.25) is 0 Å². The first-order chi connectivity index (χ1) is 14.7. The number of aliphatic hydroxyl groups is 3. The van der Waals surface area contributed by atoms with Crippen molar-refractivity contribution in [2.75, 3.05) is 42.6 Å². The molecule has 2 aromatic heterocycles. The van der Waals surface area contributed by atoms with E-state index in [0.29, 0.717) is 11.2 Å². The minimum atomic E-state index is -1.19. The number of nitrogens with zero attached hydrogens (tertiary/aromatic N) is 6. The van der Waals surface area contributed by atoms with Crippen LogP contribution >= 0.6 is 0 Å². The van der Waals surface area contributed by atoms with Gasteiger partial charge in [0.25, 0.3) is 0 Å². The maximum absolute atomic E-state index is 10.4.